The van der Waals surface area contributed by atoms with Gasteiger partial charge in [-0.3, -0.25) is 14.9 Å². The number of nitrogens with zero attached hydrogens (tertiary/aromatic N) is 3. The van der Waals surface area contributed by atoms with E-state index in [4.69, 9.17) is 9.73 Å². The Bertz CT molecular complexity index is 1280. The van der Waals surface area contributed by atoms with Crippen molar-refractivity contribution >= 4 is 0 Å². The highest BCUT2D eigenvalue weighted by molar-refractivity contribution is 5.64. The maximum atomic E-state index is 12.7. The number of likely N-dealkylation sites (tertiary alicyclic amines) is 1. The molecule has 2 aromatic rings. The van der Waals surface area contributed by atoms with Gasteiger partial charge in [0.2, 0.25) is 0 Å². The van der Waals surface area contributed by atoms with Gasteiger partial charge in [0.25, 0.3) is 0 Å². The smallest absolute Gasteiger partial charge is 0.166 e. The van der Waals surface area contributed by atoms with Crippen LogP contribution in [-0.2, 0) is 18.3 Å². The first-order valence-corrected chi connectivity index (χ1v) is 11.7. The van der Waals surface area contributed by atoms with Gasteiger partial charge >= 0.3 is 0 Å². The molecule has 3 N–H and O–H groups in total. The molecule has 4 atom stereocenters. The molecule has 6 aliphatic rings. The van der Waals surface area contributed by atoms with E-state index >= 15 is 0 Å². The van der Waals surface area contributed by atoms with Crippen LogP contribution < -0.4 is 15.6 Å². The Hall–Kier alpha value is -2.38. The Morgan fingerprint density at radius 1 is 1.23 bits per heavy atom. The van der Waals surface area contributed by atoms with E-state index in [2.05, 4.69) is 20.9 Å². The molecule has 8 rings (SSSR count). The number of phenols is 1. The number of fused-ring (bicyclic) bond motifs is 4. The van der Waals surface area contributed by atoms with E-state index < -0.39 is 11.0 Å². The van der Waals surface area contributed by atoms with Crippen LogP contribution in [0.4, 0.5) is 0 Å². The van der Waals surface area contributed by atoms with Gasteiger partial charge in [-0.2, -0.15) is 0 Å². The molecule has 4 heterocycles. The van der Waals surface area contributed by atoms with Crippen LogP contribution in [0.15, 0.2) is 22.1 Å². The average molecular weight is 418 g/mol. The van der Waals surface area contributed by atoms with Crippen molar-refractivity contribution in [2.75, 3.05) is 26.2 Å². The second kappa shape index (κ2) is 5.33. The lowest BCUT2D eigenvalue weighted by atomic mass is 9.49. The Kier molecular flexibility index (Phi) is 2.96. The van der Waals surface area contributed by atoms with E-state index in [0.29, 0.717) is 25.3 Å². The third-order valence-corrected chi connectivity index (χ3v) is 8.95. The van der Waals surface area contributed by atoms with Gasteiger partial charge in [0.15, 0.2) is 23.1 Å². The van der Waals surface area contributed by atoms with E-state index in [9.17, 15) is 10.2 Å². The number of phenolic OH excluding ortho intramolecular Hbond substituents is 1. The number of aromatic nitrogens is 1. The van der Waals surface area contributed by atoms with Crippen molar-refractivity contribution in [3.63, 3.8) is 0 Å². The van der Waals surface area contributed by atoms with Crippen LogP contribution in [0.1, 0.15) is 47.8 Å². The van der Waals surface area contributed by atoms with E-state index in [-0.39, 0.29) is 17.9 Å². The highest BCUT2D eigenvalue weighted by Gasteiger charge is 2.73. The number of hydrogen-bond donors (Lipinski definition) is 3. The molecule has 31 heavy (non-hydrogen) atoms. The zero-order valence-electron chi connectivity index (χ0n) is 17.4. The Morgan fingerprint density at radius 2 is 2.10 bits per heavy atom. The zero-order chi connectivity index (χ0) is 20.5. The molecule has 7 heteroatoms. The fraction of sp³-hybridized carbons (Fsp3) is 0.583. The summed E-state index contributed by atoms with van der Waals surface area (Å²) in [4.78, 5) is 15.5. The fourth-order valence-electron chi connectivity index (χ4n) is 7.48. The van der Waals surface area contributed by atoms with Crippen LogP contribution in [0.3, 0.4) is 0 Å². The molecule has 1 saturated carbocycles. The summed E-state index contributed by atoms with van der Waals surface area (Å²) in [6.07, 6.45) is 4.47. The molecule has 3 aliphatic heterocycles. The predicted molar refractivity (Wildman–Crippen MR) is 111 cm³/mol. The number of piperidine rings is 1. The first-order valence-electron chi connectivity index (χ1n) is 11.7. The molecule has 2 bridgehead atoms. The van der Waals surface area contributed by atoms with Gasteiger partial charge in [-0.25, -0.2) is 0 Å². The molecule has 1 saturated heterocycles. The summed E-state index contributed by atoms with van der Waals surface area (Å²) in [7, 11) is 0. The van der Waals surface area contributed by atoms with Gasteiger partial charge in [0.05, 0.1) is 29.8 Å². The first-order chi connectivity index (χ1) is 15.1. The molecule has 1 spiro atoms. The lowest BCUT2D eigenvalue weighted by Crippen LogP contribution is -2.74. The minimum absolute atomic E-state index is 0.0511. The van der Waals surface area contributed by atoms with Gasteiger partial charge in [0.1, 0.15) is 5.36 Å². The predicted octanol–water partition coefficient (Wildman–Crippen LogP) is 0.672. The van der Waals surface area contributed by atoms with E-state index in [1.807, 2.05) is 0 Å². The maximum absolute atomic E-state index is 12.7. The van der Waals surface area contributed by atoms with Gasteiger partial charge in [-0.1, -0.05) is 6.07 Å². The number of aromatic hydroxyl groups is 1. The largest absolute Gasteiger partial charge is 0.504 e. The molecule has 3 aliphatic carbocycles. The second-order valence-corrected chi connectivity index (χ2v) is 10.4. The summed E-state index contributed by atoms with van der Waals surface area (Å²) in [5, 5.41) is 24.3. The molecule has 7 nitrogen and oxygen atoms in total. The number of hydrogen-bond acceptors (Lipinski definition) is 6. The van der Waals surface area contributed by atoms with Crippen molar-refractivity contribution in [3.8, 4) is 11.5 Å². The monoisotopic (exact) mass is 418 g/mol. The summed E-state index contributed by atoms with van der Waals surface area (Å²) < 4.78 is 6.56. The second-order valence-electron chi connectivity index (χ2n) is 10.4. The maximum Gasteiger partial charge on any atom is 0.166 e. The van der Waals surface area contributed by atoms with Crippen molar-refractivity contribution in [3.05, 3.63) is 45.4 Å². The first kappa shape index (κ1) is 17.2. The van der Waals surface area contributed by atoms with Crippen molar-refractivity contribution < 1.29 is 14.9 Å². The molecular formula is C24H26N4O3. The van der Waals surface area contributed by atoms with Crippen molar-refractivity contribution in [1.29, 1.82) is 0 Å². The number of benzene rings is 1. The number of ether oxygens (including phenoxy) is 1. The summed E-state index contributed by atoms with van der Waals surface area (Å²) in [5.41, 5.74) is 3.67. The lowest BCUT2D eigenvalue weighted by Gasteiger charge is -2.62. The molecule has 2 fully saturated rings. The van der Waals surface area contributed by atoms with Crippen LogP contribution in [0, 0.1) is 5.92 Å². The summed E-state index contributed by atoms with van der Waals surface area (Å²) in [6, 6.07) is 3.86. The number of aliphatic hydroxyl groups is 1. The zero-order valence-corrected chi connectivity index (χ0v) is 17.4. The van der Waals surface area contributed by atoms with Gasteiger partial charge in [0, 0.05) is 30.1 Å². The van der Waals surface area contributed by atoms with E-state index in [1.54, 1.807) is 6.07 Å². The molecular weight excluding hydrogens is 392 g/mol. The Balaban J connectivity index is 1.42. The van der Waals surface area contributed by atoms with Crippen LogP contribution in [-0.4, -0.2) is 57.9 Å². The third-order valence-electron chi connectivity index (χ3n) is 8.95. The quantitative estimate of drug-likeness (QED) is 0.669. The van der Waals surface area contributed by atoms with Gasteiger partial charge in [-0.15, -0.1) is 0 Å². The summed E-state index contributed by atoms with van der Waals surface area (Å²) in [5.74, 6) is 1.53. The average Bonchev–Trinajstić information content (AvgIpc) is 3.40. The summed E-state index contributed by atoms with van der Waals surface area (Å²) >= 11 is 0. The van der Waals surface area contributed by atoms with Gasteiger partial charge in [-0.05, 0) is 49.8 Å². The normalized spacial score (nSPS) is 36.5. The van der Waals surface area contributed by atoms with E-state index in [0.717, 1.165) is 59.5 Å². The SMILES string of the molecule is Oc1ccc2c3c1OC1c4[nH]c5c(c4C[C@@]4(O)C(C2)N(CC2CC2)CC[C@]314)=NCCN=5. The molecule has 2 unspecified atom stereocenters. The van der Waals surface area contributed by atoms with Crippen molar-refractivity contribution in [1.82, 2.24) is 9.88 Å². The lowest BCUT2D eigenvalue weighted by molar-refractivity contribution is -0.173. The molecule has 1 aromatic carbocycles. The fourth-order valence-corrected chi connectivity index (χ4v) is 7.48. The van der Waals surface area contributed by atoms with E-state index in [1.165, 1.54) is 18.4 Å². The number of H-pyrrole nitrogens is 1. The highest BCUT2D eigenvalue weighted by Crippen LogP contribution is 2.68. The topological polar surface area (TPSA) is 93.4 Å². The Labute approximate surface area is 179 Å². The minimum Gasteiger partial charge on any atom is -0.504 e. The number of rotatable bonds is 2. The summed E-state index contributed by atoms with van der Waals surface area (Å²) in [6.45, 7) is 3.42. The molecule has 0 radical (unpaired) electrons. The van der Waals surface area contributed by atoms with Crippen LogP contribution in [0.2, 0.25) is 0 Å². The number of aromatic amines is 1. The van der Waals surface area contributed by atoms with Gasteiger partial charge < -0.3 is 19.9 Å². The molecule has 1 aromatic heterocycles. The standard InChI is InChI=1S/C24H26N4O3/c29-15-4-3-13-9-16-24(30)10-14-18(27-22-19(14)25-6-7-26-22)21-23(24,17(13)20(15)31-21)5-8-28(16)11-12-1-2-12/h3-4,12,16,21,29-30H,1-2,5-11H2,(H,26,27)/t16?,21?,23-,24+/m0/s1. The Morgan fingerprint density at radius 3 is 2.97 bits per heavy atom. The third kappa shape index (κ3) is 1.86. The minimum atomic E-state index is -0.952. The van der Waals surface area contributed by atoms with Crippen molar-refractivity contribution in [2.24, 2.45) is 15.9 Å². The van der Waals surface area contributed by atoms with Crippen molar-refractivity contribution in [2.45, 2.75) is 55.3 Å². The van der Waals surface area contributed by atoms with Crippen LogP contribution >= 0.6 is 0 Å². The van der Waals surface area contributed by atoms with Crippen LogP contribution in [0.25, 0.3) is 0 Å². The highest BCUT2D eigenvalue weighted by atomic mass is 16.5. The van der Waals surface area contributed by atoms with Crippen LogP contribution in [0.5, 0.6) is 11.5 Å². The number of nitrogens with one attached hydrogen (secondary N) is 1. The molecule has 0 amide bonds. The molecule has 160 valence electrons.